The van der Waals surface area contributed by atoms with Gasteiger partial charge < -0.3 is 0 Å². The molecule has 28 heavy (non-hydrogen) atoms. The van der Waals surface area contributed by atoms with E-state index in [1.165, 1.54) is 22.7 Å². The van der Waals surface area contributed by atoms with Crippen LogP contribution in [0.3, 0.4) is 0 Å². The van der Waals surface area contributed by atoms with Gasteiger partial charge in [0.15, 0.2) is 5.13 Å². The van der Waals surface area contributed by atoms with Crippen LogP contribution in [0.2, 0.25) is 9.36 Å². The van der Waals surface area contributed by atoms with Crippen LogP contribution in [-0.2, 0) is 17.8 Å². The minimum atomic E-state index is -0.0491. The summed E-state index contributed by atoms with van der Waals surface area (Å²) in [5, 5.41) is 1.30. The van der Waals surface area contributed by atoms with Crippen molar-refractivity contribution < 1.29 is 4.79 Å². The first-order valence-electron chi connectivity index (χ1n) is 8.51. The topological polar surface area (TPSA) is 46.1 Å². The number of benzene rings is 1. The summed E-state index contributed by atoms with van der Waals surface area (Å²) in [5.41, 5.74) is 2.54. The Bertz CT molecular complexity index is 1140. The summed E-state index contributed by atoms with van der Waals surface area (Å²) in [6.07, 6.45) is 1.99. The number of aromatic nitrogens is 2. The Morgan fingerprint density at radius 2 is 1.96 bits per heavy atom. The molecule has 0 saturated carbocycles. The highest BCUT2D eigenvalue weighted by Crippen LogP contribution is 2.34. The molecular weight excluding hydrogens is 433 g/mol. The van der Waals surface area contributed by atoms with Gasteiger partial charge in [-0.3, -0.25) is 14.7 Å². The fourth-order valence-corrected chi connectivity index (χ4v) is 5.08. The molecule has 3 heterocycles. The number of thiazole rings is 1. The highest BCUT2D eigenvalue weighted by atomic mass is 35.5. The van der Waals surface area contributed by atoms with E-state index in [0.717, 1.165) is 26.4 Å². The van der Waals surface area contributed by atoms with Crippen LogP contribution in [0.5, 0.6) is 0 Å². The van der Waals surface area contributed by atoms with Crippen molar-refractivity contribution in [3.05, 3.63) is 74.2 Å². The lowest BCUT2D eigenvalue weighted by Crippen LogP contribution is -2.31. The van der Waals surface area contributed by atoms with Gasteiger partial charge in [0.05, 0.1) is 33.2 Å². The van der Waals surface area contributed by atoms with Crippen LogP contribution in [-0.4, -0.2) is 15.9 Å². The Balaban J connectivity index is 1.71. The first-order valence-corrected chi connectivity index (χ1v) is 10.9. The number of hydrogen-bond donors (Lipinski definition) is 0. The molecule has 1 aromatic carbocycles. The van der Waals surface area contributed by atoms with Gasteiger partial charge in [0.25, 0.3) is 0 Å². The quantitative estimate of drug-likeness (QED) is 0.368. The maximum Gasteiger partial charge on any atom is 0.234 e. The third-order valence-corrected chi connectivity index (χ3v) is 6.95. The number of thiophene rings is 1. The van der Waals surface area contributed by atoms with E-state index in [0.29, 0.717) is 21.0 Å². The van der Waals surface area contributed by atoms with Crippen molar-refractivity contribution in [2.45, 2.75) is 19.9 Å². The second kappa shape index (κ2) is 8.17. The fraction of sp³-hybridized carbons (Fsp3) is 0.150. The molecule has 1 amide bonds. The molecule has 0 fully saturated rings. The summed E-state index contributed by atoms with van der Waals surface area (Å²) in [6, 6.07) is 13.2. The Labute approximate surface area is 180 Å². The lowest BCUT2D eigenvalue weighted by atomic mass is 10.2. The molecule has 0 N–H and O–H groups in total. The van der Waals surface area contributed by atoms with E-state index in [-0.39, 0.29) is 12.3 Å². The van der Waals surface area contributed by atoms with Gasteiger partial charge in [-0.25, -0.2) is 4.98 Å². The summed E-state index contributed by atoms with van der Waals surface area (Å²) >= 11 is 15.1. The molecule has 4 aromatic rings. The predicted octanol–water partition coefficient (Wildman–Crippen LogP) is 6.14. The van der Waals surface area contributed by atoms with Crippen molar-refractivity contribution in [2.24, 2.45) is 0 Å². The summed E-state index contributed by atoms with van der Waals surface area (Å²) < 4.78 is 1.67. The summed E-state index contributed by atoms with van der Waals surface area (Å²) in [6.45, 7) is 2.29. The van der Waals surface area contributed by atoms with E-state index in [4.69, 9.17) is 28.2 Å². The number of carbonyl (C=O) groups excluding carboxylic acids is 1. The number of carbonyl (C=O) groups is 1. The highest BCUT2D eigenvalue weighted by molar-refractivity contribution is 7.22. The molecule has 3 aromatic heterocycles. The van der Waals surface area contributed by atoms with Crippen LogP contribution in [0.15, 0.2) is 48.7 Å². The van der Waals surface area contributed by atoms with Gasteiger partial charge in [-0.1, -0.05) is 40.6 Å². The van der Waals surface area contributed by atoms with Gasteiger partial charge in [0.1, 0.15) is 0 Å². The lowest BCUT2D eigenvalue weighted by Gasteiger charge is -2.19. The highest BCUT2D eigenvalue weighted by Gasteiger charge is 2.22. The molecule has 0 atom stereocenters. The smallest absolute Gasteiger partial charge is 0.234 e. The van der Waals surface area contributed by atoms with Gasteiger partial charge in [-0.05, 0) is 48.9 Å². The van der Waals surface area contributed by atoms with Gasteiger partial charge in [0, 0.05) is 16.1 Å². The second-order valence-corrected chi connectivity index (χ2v) is 9.42. The molecular formula is C20H15Cl2N3OS2. The number of anilines is 1. The average Bonchev–Trinajstić information content (AvgIpc) is 3.30. The van der Waals surface area contributed by atoms with Crippen LogP contribution in [0, 0.1) is 6.92 Å². The number of fused-ring (bicyclic) bond motifs is 1. The first kappa shape index (κ1) is 19.3. The third-order valence-electron chi connectivity index (χ3n) is 4.27. The van der Waals surface area contributed by atoms with Crippen LogP contribution in [0.1, 0.15) is 16.1 Å². The zero-order valence-electron chi connectivity index (χ0n) is 14.9. The van der Waals surface area contributed by atoms with Crippen LogP contribution in [0.25, 0.3) is 10.2 Å². The summed E-state index contributed by atoms with van der Waals surface area (Å²) in [5.74, 6) is -0.0491. The number of pyridine rings is 1. The maximum atomic E-state index is 13.2. The molecule has 0 unspecified atom stereocenters. The fourth-order valence-electron chi connectivity index (χ4n) is 2.81. The van der Waals surface area contributed by atoms with E-state index in [1.807, 2.05) is 43.3 Å². The standard InChI is InChI=1S/C20H15Cl2N3OS2/c1-12-15(21)6-7-16-19(12)24-20(28-16)25(11-13-4-2-3-9-23-13)18(26)10-14-5-8-17(22)27-14/h2-9H,10-11H2,1H3. The Morgan fingerprint density at radius 1 is 1.11 bits per heavy atom. The number of aryl methyl sites for hydroxylation is 1. The van der Waals surface area contributed by atoms with Crippen LogP contribution < -0.4 is 4.90 Å². The molecule has 8 heteroatoms. The predicted molar refractivity (Wildman–Crippen MR) is 118 cm³/mol. The second-order valence-electron chi connectivity index (χ2n) is 6.20. The number of nitrogens with zero attached hydrogens (tertiary/aromatic N) is 3. The Hall–Kier alpha value is -1.99. The molecule has 4 nitrogen and oxygen atoms in total. The molecule has 4 rings (SSSR count). The number of amides is 1. The van der Waals surface area contributed by atoms with Crippen molar-refractivity contribution in [2.75, 3.05) is 4.90 Å². The van der Waals surface area contributed by atoms with E-state index >= 15 is 0 Å². The molecule has 0 aliphatic heterocycles. The van der Waals surface area contributed by atoms with Crippen molar-refractivity contribution in [3.63, 3.8) is 0 Å². The van der Waals surface area contributed by atoms with E-state index in [9.17, 15) is 4.79 Å². The minimum Gasteiger partial charge on any atom is -0.282 e. The average molecular weight is 448 g/mol. The van der Waals surface area contributed by atoms with Crippen molar-refractivity contribution >= 4 is 67.1 Å². The van der Waals surface area contributed by atoms with Crippen LogP contribution >= 0.6 is 45.9 Å². The first-order chi connectivity index (χ1) is 13.5. The molecule has 142 valence electrons. The molecule has 0 spiro atoms. The summed E-state index contributed by atoms with van der Waals surface area (Å²) in [4.78, 5) is 24.9. The molecule has 0 aliphatic carbocycles. The van der Waals surface area contributed by atoms with Crippen molar-refractivity contribution in [1.82, 2.24) is 9.97 Å². The maximum absolute atomic E-state index is 13.2. The lowest BCUT2D eigenvalue weighted by molar-refractivity contribution is -0.118. The van der Waals surface area contributed by atoms with Crippen LogP contribution in [0.4, 0.5) is 5.13 Å². The normalized spacial score (nSPS) is 11.1. The number of hydrogen-bond acceptors (Lipinski definition) is 5. The summed E-state index contributed by atoms with van der Waals surface area (Å²) in [7, 11) is 0. The Morgan fingerprint density at radius 3 is 2.68 bits per heavy atom. The number of rotatable bonds is 5. The van der Waals surface area contributed by atoms with E-state index in [1.54, 1.807) is 17.2 Å². The molecule has 0 bridgehead atoms. The van der Waals surface area contributed by atoms with E-state index < -0.39 is 0 Å². The monoisotopic (exact) mass is 447 g/mol. The minimum absolute atomic E-state index is 0.0491. The zero-order valence-corrected chi connectivity index (χ0v) is 18.0. The van der Waals surface area contributed by atoms with Gasteiger partial charge in [-0.2, -0.15) is 0 Å². The SMILES string of the molecule is Cc1c(Cl)ccc2sc(N(Cc3ccccn3)C(=O)Cc3ccc(Cl)s3)nc12. The number of halogens is 2. The van der Waals surface area contributed by atoms with Gasteiger partial charge in [-0.15, -0.1) is 11.3 Å². The Kier molecular flexibility index (Phi) is 5.64. The van der Waals surface area contributed by atoms with Crippen molar-refractivity contribution in [3.8, 4) is 0 Å². The molecule has 0 aliphatic rings. The van der Waals surface area contributed by atoms with Crippen molar-refractivity contribution in [1.29, 1.82) is 0 Å². The molecule has 0 saturated heterocycles. The molecule has 0 radical (unpaired) electrons. The van der Waals surface area contributed by atoms with Gasteiger partial charge in [0.2, 0.25) is 5.91 Å². The van der Waals surface area contributed by atoms with Gasteiger partial charge >= 0.3 is 0 Å². The largest absolute Gasteiger partial charge is 0.282 e. The third kappa shape index (κ3) is 4.05. The van der Waals surface area contributed by atoms with E-state index in [2.05, 4.69) is 4.98 Å². The zero-order chi connectivity index (χ0) is 19.7.